The lowest BCUT2D eigenvalue weighted by Gasteiger charge is -2.22. The second kappa shape index (κ2) is 11.1. The van der Waals surface area contributed by atoms with Gasteiger partial charge in [-0.2, -0.15) is 0 Å². The molecule has 1 N–H and O–H groups in total. The van der Waals surface area contributed by atoms with Gasteiger partial charge in [0.1, 0.15) is 12.2 Å². The molecule has 0 spiro atoms. The molecule has 1 rings (SSSR count). The minimum absolute atomic E-state index is 0.113. The third-order valence-corrected chi connectivity index (χ3v) is 4.34. The number of thiocarbonyl (C=S) groups is 1. The molecule has 0 saturated carbocycles. The van der Waals surface area contributed by atoms with E-state index in [2.05, 4.69) is 16.9 Å². The largest absolute Gasteiger partial charge is 0.494 e. The van der Waals surface area contributed by atoms with E-state index >= 15 is 0 Å². The van der Waals surface area contributed by atoms with Crippen molar-refractivity contribution in [1.29, 1.82) is 0 Å². The van der Waals surface area contributed by atoms with E-state index in [0.717, 1.165) is 10.6 Å². The first-order valence-corrected chi connectivity index (χ1v) is 8.92. The van der Waals surface area contributed by atoms with Crippen LogP contribution >= 0.6 is 24.0 Å². The fourth-order valence-electron chi connectivity index (χ4n) is 1.91. The highest BCUT2D eigenvalue weighted by molar-refractivity contribution is 8.14. The third-order valence-electron chi connectivity index (χ3n) is 3.14. The monoisotopic (exact) mass is 385 g/mol. The number of ether oxygens (including phenoxy) is 2. The SMILES string of the molecule is C=CN(COC(C)SC(C)=NC(=S)NC)Cc1ccc(OC)c(F)c1. The molecule has 138 valence electrons. The van der Waals surface area contributed by atoms with Gasteiger partial charge in [-0.05, 0) is 50.0 Å². The molecule has 0 aromatic heterocycles. The molecule has 25 heavy (non-hydrogen) atoms. The number of rotatable bonds is 8. The summed E-state index contributed by atoms with van der Waals surface area (Å²) < 4.78 is 24.5. The Bertz CT molecular complexity index is 626. The minimum Gasteiger partial charge on any atom is -0.494 e. The zero-order valence-corrected chi connectivity index (χ0v) is 16.5. The van der Waals surface area contributed by atoms with Crippen molar-refractivity contribution in [3.63, 3.8) is 0 Å². The van der Waals surface area contributed by atoms with E-state index in [4.69, 9.17) is 21.7 Å². The molecule has 0 amide bonds. The van der Waals surface area contributed by atoms with Crippen molar-refractivity contribution in [3.8, 4) is 5.75 Å². The topological polar surface area (TPSA) is 46.1 Å². The van der Waals surface area contributed by atoms with Gasteiger partial charge in [0.05, 0.1) is 12.2 Å². The van der Waals surface area contributed by atoms with E-state index in [0.29, 0.717) is 18.4 Å². The second-order valence-electron chi connectivity index (χ2n) is 5.07. The Morgan fingerprint density at radius 3 is 2.84 bits per heavy atom. The summed E-state index contributed by atoms with van der Waals surface area (Å²) >= 11 is 6.47. The highest BCUT2D eigenvalue weighted by Crippen LogP contribution is 2.19. The van der Waals surface area contributed by atoms with Gasteiger partial charge in [0.25, 0.3) is 0 Å². The number of nitrogens with one attached hydrogen (secondary N) is 1. The molecule has 1 unspecified atom stereocenters. The quantitative estimate of drug-likeness (QED) is 0.318. The summed E-state index contributed by atoms with van der Waals surface area (Å²) in [6.45, 7) is 8.39. The van der Waals surface area contributed by atoms with Crippen LogP contribution in [-0.4, -0.2) is 41.4 Å². The van der Waals surface area contributed by atoms with E-state index in [9.17, 15) is 4.39 Å². The number of thioether (sulfide) groups is 1. The van der Waals surface area contributed by atoms with E-state index < -0.39 is 0 Å². The number of hydrogen-bond acceptors (Lipinski definition) is 5. The van der Waals surface area contributed by atoms with Gasteiger partial charge in [-0.1, -0.05) is 24.4 Å². The van der Waals surface area contributed by atoms with Crippen LogP contribution in [0.15, 0.2) is 36.0 Å². The normalized spacial score (nSPS) is 12.4. The Morgan fingerprint density at radius 1 is 1.56 bits per heavy atom. The van der Waals surface area contributed by atoms with Crippen molar-refractivity contribution < 1.29 is 13.9 Å². The van der Waals surface area contributed by atoms with Crippen LogP contribution in [-0.2, 0) is 11.3 Å². The van der Waals surface area contributed by atoms with Crippen molar-refractivity contribution in [2.45, 2.75) is 25.8 Å². The maximum atomic E-state index is 13.8. The summed E-state index contributed by atoms with van der Waals surface area (Å²) in [4.78, 5) is 6.06. The van der Waals surface area contributed by atoms with Crippen molar-refractivity contribution in [2.24, 2.45) is 4.99 Å². The second-order valence-corrected chi connectivity index (χ2v) is 6.94. The average Bonchev–Trinajstić information content (AvgIpc) is 2.58. The van der Waals surface area contributed by atoms with Crippen LogP contribution in [0.4, 0.5) is 4.39 Å². The average molecular weight is 386 g/mol. The smallest absolute Gasteiger partial charge is 0.193 e. The molecule has 1 aromatic carbocycles. The van der Waals surface area contributed by atoms with E-state index in [-0.39, 0.29) is 17.0 Å². The molecule has 0 bridgehead atoms. The van der Waals surface area contributed by atoms with Crippen molar-refractivity contribution >= 4 is 34.1 Å². The van der Waals surface area contributed by atoms with Gasteiger partial charge in [-0.25, -0.2) is 9.38 Å². The van der Waals surface area contributed by atoms with Crippen LogP contribution in [0.5, 0.6) is 5.75 Å². The summed E-state index contributed by atoms with van der Waals surface area (Å²) in [5.74, 6) is -0.161. The lowest BCUT2D eigenvalue weighted by atomic mass is 10.2. The number of hydrogen-bond donors (Lipinski definition) is 1. The highest BCUT2D eigenvalue weighted by atomic mass is 32.2. The molecule has 0 aliphatic carbocycles. The summed E-state index contributed by atoms with van der Waals surface area (Å²) in [5, 5.41) is 4.05. The van der Waals surface area contributed by atoms with Crippen LogP contribution in [0, 0.1) is 5.82 Å². The molecule has 0 heterocycles. The van der Waals surface area contributed by atoms with Crippen molar-refractivity contribution in [2.75, 3.05) is 20.9 Å². The van der Waals surface area contributed by atoms with Gasteiger partial charge in [0.2, 0.25) is 0 Å². The molecule has 0 saturated heterocycles. The van der Waals surface area contributed by atoms with Gasteiger partial charge in [0, 0.05) is 13.6 Å². The summed E-state index contributed by atoms with van der Waals surface area (Å²) in [6, 6.07) is 4.87. The lowest BCUT2D eigenvalue weighted by molar-refractivity contribution is 0.0430. The van der Waals surface area contributed by atoms with Crippen LogP contribution in [0.25, 0.3) is 0 Å². The standard InChI is InChI=1S/C17H24FN3O2S2/c1-6-21(10-14-7-8-16(22-5)15(18)9-14)11-23-13(3)25-12(2)20-17(24)19-4/h6-9,13H,1,10-11H2,2-5H3,(H,19,24). The molecule has 0 aliphatic heterocycles. The Balaban J connectivity index is 2.53. The van der Waals surface area contributed by atoms with E-state index in [1.807, 2.05) is 24.8 Å². The lowest BCUT2D eigenvalue weighted by Crippen LogP contribution is -2.23. The fraction of sp³-hybridized carbons (Fsp3) is 0.412. The van der Waals surface area contributed by atoms with Gasteiger partial charge in [-0.3, -0.25) is 0 Å². The number of nitrogens with zero attached hydrogens (tertiary/aromatic N) is 2. The van der Waals surface area contributed by atoms with Crippen LogP contribution in [0.1, 0.15) is 19.4 Å². The molecule has 0 aliphatic rings. The third kappa shape index (κ3) is 7.85. The van der Waals surface area contributed by atoms with Crippen LogP contribution < -0.4 is 10.1 Å². The molecule has 8 heteroatoms. The fourth-order valence-corrected chi connectivity index (χ4v) is 2.85. The number of aliphatic imine (C=N–C) groups is 1. The predicted octanol–water partition coefficient (Wildman–Crippen LogP) is 3.76. The number of halogens is 1. The highest BCUT2D eigenvalue weighted by Gasteiger charge is 2.10. The summed E-state index contributed by atoms with van der Waals surface area (Å²) in [5.41, 5.74) is 0.692. The van der Waals surface area contributed by atoms with Crippen molar-refractivity contribution in [1.82, 2.24) is 10.2 Å². The Kier molecular flexibility index (Phi) is 9.48. The van der Waals surface area contributed by atoms with E-state index in [1.54, 1.807) is 19.3 Å². The molecule has 0 radical (unpaired) electrons. The first kappa shape index (κ1) is 21.4. The molecule has 0 fully saturated rings. The summed E-state index contributed by atoms with van der Waals surface area (Å²) in [6.07, 6.45) is 1.66. The van der Waals surface area contributed by atoms with Crippen molar-refractivity contribution in [3.05, 3.63) is 42.4 Å². The maximum absolute atomic E-state index is 13.8. The molecular weight excluding hydrogens is 361 g/mol. The molecule has 1 atom stereocenters. The van der Waals surface area contributed by atoms with Gasteiger partial charge in [0.15, 0.2) is 16.7 Å². The Hall–Kier alpha value is -1.64. The summed E-state index contributed by atoms with van der Waals surface area (Å²) in [7, 11) is 3.17. The number of benzene rings is 1. The molecular formula is C17H24FN3O2S2. The van der Waals surface area contributed by atoms with Gasteiger partial charge < -0.3 is 19.7 Å². The maximum Gasteiger partial charge on any atom is 0.193 e. The van der Waals surface area contributed by atoms with Gasteiger partial charge in [-0.15, -0.1) is 0 Å². The molecule has 5 nitrogen and oxygen atoms in total. The Labute approximate surface area is 158 Å². The first-order valence-electron chi connectivity index (χ1n) is 7.63. The van der Waals surface area contributed by atoms with Gasteiger partial charge >= 0.3 is 0 Å². The molecule has 1 aromatic rings. The zero-order valence-electron chi connectivity index (χ0n) is 14.9. The van der Waals surface area contributed by atoms with E-state index in [1.165, 1.54) is 24.9 Å². The number of methoxy groups -OCH3 is 1. The Morgan fingerprint density at radius 2 is 2.28 bits per heavy atom. The predicted molar refractivity (Wildman–Crippen MR) is 106 cm³/mol. The zero-order chi connectivity index (χ0) is 18.8. The first-order chi connectivity index (χ1) is 11.9. The van der Waals surface area contributed by atoms with Crippen LogP contribution in [0.3, 0.4) is 0 Å². The van der Waals surface area contributed by atoms with Crippen LogP contribution in [0.2, 0.25) is 0 Å². The minimum atomic E-state index is -0.388.